The van der Waals surface area contributed by atoms with Crippen molar-refractivity contribution in [2.24, 2.45) is 0 Å². The quantitative estimate of drug-likeness (QED) is 0.386. The molecule has 6 nitrogen and oxygen atoms in total. The zero-order valence-electron chi connectivity index (χ0n) is 8.81. The highest BCUT2D eigenvalue weighted by molar-refractivity contribution is 7.94. The molecule has 0 heterocycles. The Hall–Kier alpha value is -1.16. The molecule has 0 aliphatic heterocycles. The summed E-state index contributed by atoms with van der Waals surface area (Å²) < 4.78 is 35.9. The van der Waals surface area contributed by atoms with Crippen molar-refractivity contribution in [3.63, 3.8) is 0 Å². The minimum absolute atomic E-state index is 0.188. The van der Waals surface area contributed by atoms with E-state index in [1.165, 1.54) is 12.1 Å². The molecule has 0 atom stereocenters. The summed E-state index contributed by atoms with van der Waals surface area (Å²) in [6.07, 6.45) is 0. The van der Waals surface area contributed by atoms with Gasteiger partial charge in [0.05, 0.1) is 12.0 Å². The number of hydrogen-bond donors (Lipinski definition) is 2. The molecule has 2 aromatic carbocycles. The van der Waals surface area contributed by atoms with E-state index in [4.69, 9.17) is 9.81 Å². The van der Waals surface area contributed by atoms with Gasteiger partial charge in [-0.1, -0.05) is 29.3 Å². The first-order chi connectivity index (χ1) is 8.54. The van der Waals surface area contributed by atoms with Gasteiger partial charge in [-0.2, -0.15) is 8.42 Å². The molecule has 0 aliphatic rings. The van der Waals surface area contributed by atoms with Crippen LogP contribution in [0.25, 0.3) is 10.8 Å². The Kier molecular flexibility index (Phi) is 3.85. The monoisotopic (exact) mass is 288 g/mol. The van der Waals surface area contributed by atoms with Crippen molar-refractivity contribution in [3.8, 4) is 0 Å². The van der Waals surface area contributed by atoms with Crippen LogP contribution in [0.2, 0.25) is 0 Å². The summed E-state index contributed by atoms with van der Waals surface area (Å²) in [6, 6.07) is 9.26. The van der Waals surface area contributed by atoms with Crippen molar-refractivity contribution in [3.05, 3.63) is 36.4 Å². The Morgan fingerprint density at radius 2 is 1.72 bits per heavy atom. The summed E-state index contributed by atoms with van der Waals surface area (Å²) in [5.74, 6) is 0. The first-order valence-corrected chi connectivity index (χ1v) is 6.86. The van der Waals surface area contributed by atoms with Crippen molar-refractivity contribution in [1.29, 1.82) is 0 Å². The van der Waals surface area contributed by atoms with Crippen molar-refractivity contribution in [2.75, 3.05) is 0 Å². The van der Waals surface area contributed by atoms with E-state index in [9.17, 15) is 8.42 Å². The Balaban J connectivity index is 2.66. The van der Waals surface area contributed by atoms with Crippen molar-refractivity contribution < 1.29 is 27.6 Å². The molecule has 8 heteroatoms. The molecule has 0 spiro atoms. The molecule has 0 bridgehead atoms. The summed E-state index contributed by atoms with van der Waals surface area (Å²) >= 11 is 0.721. The molecule has 0 amide bonds. The van der Waals surface area contributed by atoms with Crippen LogP contribution in [0.15, 0.2) is 46.2 Å². The summed E-state index contributed by atoms with van der Waals surface area (Å²) in [4.78, 5) is 0.347. The van der Waals surface area contributed by atoms with E-state index >= 15 is 0 Å². The van der Waals surface area contributed by atoms with Gasteiger partial charge in [0, 0.05) is 10.3 Å². The van der Waals surface area contributed by atoms with E-state index in [0.717, 1.165) is 12.0 Å². The summed E-state index contributed by atoms with van der Waals surface area (Å²) in [5.41, 5.74) is 0. The van der Waals surface area contributed by atoms with E-state index in [2.05, 4.69) is 9.37 Å². The second-order valence-electron chi connectivity index (χ2n) is 3.31. The van der Waals surface area contributed by atoms with Gasteiger partial charge in [0.25, 0.3) is 10.1 Å². The van der Waals surface area contributed by atoms with Gasteiger partial charge in [-0.25, -0.2) is 5.26 Å². The minimum atomic E-state index is -4.30. The fourth-order valence-corrected chi connectivity index (χ4v) is 2.81. The second kappa shape index (κ2) is 5.22. The van der Waals surface area contributed by atoms with E-state index in [1.54, 1.807) is 24.3 Å². The van der Waals surface area contributed by atoms with Crippen LogP contribution >= 0.6 is 12.0 Å². The molecule has 0 radical (unpaired) electrons. The predicted octanol–water partition coefficient (Wildman–Crippen LogP) is 2.51. The number of rotatable bonds is 4. The highest BCUT2D eigenvalue weighted by Crippen LogP contribution is 2.31. The first kappa shape index (κ1) is 13.3. The van der Waals surface area contributed by atoms with Gasteiger partial charge in [-0.05, 0) is 17.5 Å². The van der Waals surface area contributed by atoms with Crippen molar-refractivity contribution >= 4 is 32.9 Å². The molecule has 0 unspecified atom stereocenters. The molecule has 96 valence electrons. The van der Waals surface area contributed by atoms with Gasteiger partial charge < -0.3 is 0 Å². The average molecular weight is 288 g/mol. The molecule has 0 aromatic heterocycles. The lowest BCUT2D eigenvalue weighted by molar-refractivity contribution is -0.432. The second-order valence-corrected chi connectivity index (χ2v) is 5.44. The highest BCUT2D eigenvalue weighted by Gasteiger charge is 2.15. The van der Waals surface area contributed by atoms with Gasteiger partial charge in [-0.3, -0.25) is 4.55 Å². The van der Waals surface area contributed by atoms with Crippen LogP contribution in [0.1, 0.15) is 0 Å². The summed E-state index contributed by atoms with van der Waals surface area (Å²) in [6.45, 7) is 0. The lowest BCUT2D eigenvalue weighted by Crippen LogP contribution is -1.99. The Labute approximate surface area is 107 Å². The van der Waals surface area contributed by atoms with Gasteiger partial charge >= 0.3 is 0 Å². The molecule has 0 fully saturated rings. The van der Waals surface area contributed by atoms with Crippen LogP contribution in [0, 0.1) is 0 Å². The summed E-state index contributed by atoms with van der Waals surface area (Å²) in [5, 5.41) is 12.5. The fourth-order valence-electron chi connectivity index (χ4n) is 1.60. The zero-order valence-corrected chi connectivity index (χ0v) is 10.4. The maximum absolute atomic E-state index is 11.2. The first-order valence-electron chi connectivity index (χ1n) is 4.68. The average Bonchev–Trinajstić information content (AvgIpc) is 2.34. The molecule has 2 rings (SSSR count). The zero-order chi connectivity index (χ0) is 13.2. The molecular formula is C10H8O6S2. The standard InChI is InChI=1S/C10H8O6S2/c11-15-16-17-9-5-1-4-8-7(9)3-2-6-10(8)18(12,13)14/h1-6,11H,(H,12,13,14). The van der Waals surface area contributed by atoms with Gasteiger partial charge in [-0.15, -0.1) is 4.33 Å². The van der Waals surface area contributed by atoms with E-state index < -0.39 is 10.1 Å². The molecule has 0 saturated heterocycles. The smallest absolute Gasteiger partial charge is 0.282 e. The van der Waals surface area contributed by atoms with E-state index in [-0.39, 0.29) is 4.90 Å². The largest absolute Gasteiger partial charge is 0.295 e. The summed E-state index contributed by atoms with van der Waals surface area (Å²) in [7, 11) is -4.30. The van der Waals surface area contributed by atoms with Crippen LogP contribution in [-0.4, -0.2) is 18.2 Å². The van der Waals surface area contributed by atoms with Crippen molar-refractivity contribution in [2.45, 2.75) is 9.79 Å². The third-order valence-electron chi connectivity index (χ3n) is 2.27. The third-order valence-corrected chi connectivity index (χ3v) is 3.85. The van der Waals surface area contributed by atoms with Crippen LogP contribution < -0.4 is 0 Å². The van der Waals surface area contributed by atoms with Crippen LogP contribution in [0.5, 0.6) is 0 Å². The number of benzene rings is 2. The van der Waals surface area contributed by atoms with Crippen LogP contribution in [-0.2, 0) is 19.5 Å². The molecule has 0 saturated carbocycles. The van der Waals surface area contributed by atoms with Crippen LogP contribution in [0.4, 0.5) is 0 Å². The normalized spacial score (nSPS) is 11.9. The van der Waals surface area contributed by atoms with Crippen molar-refractivity contribution in [1.82, 2.24) is 0 Å². The van der Waals surface area contributed by atoms with Crippen LogP contribution in [0.3, 0.4) is 0 Å². The molecule has 18 heavy (non-hydrogen) atoms. The Bertz CT molecular complexity index is 667. The Morgan fingerprint density at radius 3 is 2.39 bits per heavy atom. The lowest BCUT2D eigenvalue weighted by atomic mass is 10.1. The predicted molar refractivity (Wildman–Crippen MR) is 64.4 cm³/mol. The maximum atomic E-state index is 11.2. The van der Waals surface area contributed by atoms with Gasteiger partial charge in [0.15, 0.2) is 0 Å². The van der Waals surface area contributed by atoms with E-state index in [1.807, 2.05) is 0 Å². The van der Waals surface area contributed by atoms with E-state index in [0.29, 0.717) is 15.7 Å². The number of fused-ring (bicyclic) bond motifs is 1. The molecular weight excluding hydrogens is 280 g/mol. The topological polar surface area (TPSA) is 93.1 Å². The number of hydrogen-bond acceptors (Lipinski definition) is 6. The molecule has 2 aromatic rings. The maximum Gasteiger partial charge on any atom is 0.295 e. The fraction of sp³-hybridized carbons (Fsp3) is 0. The highest BCUT2D eigenvalue weighted by atomic mass is 32.2. The molecule has 2 N–H and O–H groups in total. The van der Waals surface area contributed by atoms with Gasteiger partial charge in [0.2, 0.25) is 0 Å². The third kappa shape index (κ3) is 2.64. The lowest BCUT2D eigenvalue weighted by Gasteiger charge is -2.06. The Morgan fingerprint density at radius 1 is 1.06 bits per heavy atom. The minimum Gasteiger partial charge on any atom is -0.282 e. The SMILES string of the molecule is O=S(=O)(O)c1cccc2c(SOOO)cccc12. The molecule has 0 aliphatic carbocycles. The van der Waals surface area contributed by atoms with Gasteiger partial charge in [0.1, 0.15) is 4.90 Å².